The van der Waals surface area contributed by atoms with Gasteiger partial charge in [-0.3, -0.25) is 4.79 Å². The minimum atomic E-state index is 0.0640. The Bertz CT molecular complexity index is 406. The summed E-state index contributed by atoms with van der Waals surface area (Å²) < 4.78 is 5.33. The monoisotopic (exact) mass is 283 g/mol. The number of hydrogen-bond donors (Lipinski definition) is 0. The number of rotatable bonds is 3. The fourth-order valence-electron chi connectivity index (χ4n) is 1.75. The molecular weight excluding hydrogens is 270 g/mol. The summed E-state index contributed by atoms with van der Waals surface area (Å²) in [4.78, 5) is 13.7. The van der Waals surface area contributed by atoms with Crippen LogP contribution in [-0.2, 0) is 18.0 Å². The molecule has 2 rings (SSSR count). The van der Waals surface area contributed by atoms with Gasteiger partial charge in [-0.1, -0.05) is 22.0 Å². The summed E-state index contributed by atoms with van der Waals surface area (Å²) in [5.41, 5.74) is 3.07. The largest absolute Gasteiger partial charge is 0.372 e. The minimum absolute atomic E-state index is 0.0640. The number of alkyl halides is 1. The lowest BCUT2D eigenvalue weighted by Crippen LogP contribution is -2.28. The Morgan fingerprint density at radius 1 is 1.44 bits per heavy atom. The van der Waals surface area contributed by atoms with E-state index in [1.54, 1.807) is 4.90 Å². The van der Waals surface area contributed by atoms with E-state index in [0.717, 1.165) is 16.5 Å². The van der Waals surface area contributed by atoms with Gasteiger partial charge in [-0.15, -0.1) is 0 Å². The second-order valence-electron chi connectivity index (χ2n) is 3.89. The fourth-order valence-corrected chi connectivity index (χ4v) is 2.29. The molecule has 1 aliphatic rings. The lowest BCUT2D eigenvalue weighted by atomic mass is 10.1. The molecule has 0 fully saturated rings. The molecule has 1 aromatic rings. The first-order chi connectivity index (χ1) is 7.72. The predicted octanol–water partition coefficient (Wildman–Crippen LogP) is 2.18. The smallest absolute Gasteiger partial charge is 0.253 e. The van der Waals surface area contributed by atoms with E-state index in [1.807, 2.05) is 25.2 Å². The summed E-state index contributed by atoms with van der Waals surface area (Å²) in [5.74, 6) is 0.0640. The van der Waals surface area contributed by atoms with Crippen molar-refractivity contribution in [3.8, 4) is 0 Å². The summed E-state index contributed by atoms with van der Waals surface area (Å²) in [7, 11) is 1.81. The van der Waals surface area contributed by atoms with E-state index in [2.05, 4.69) is 15.9 Å². The van der Waals surface area contributed by atoms with Crippen LogP contribution in [-0.4, -0.2) is 29.7 Å². The van der Waals surface area contributed by atoms with Gasteiger partial charge in [-0.05, 0) is 23.3 Å². The number of ether oxygens (including phenoxy) is 1. The Balaban J connectivity index is 2.18. The van der Waals surface area contributed by atoms with Gasteiger partial charge in [0.25, 0.3) is 5.91 Å². The highest BCUT2D eigenvalue weighted by Crippen LogP contribution is 2.21. The number of carbonyl (C=O) groups is 1. The Labute approximate surface area is 104 Å². The second kappa shape index (κ2) is 4.97. The summed E-state index contributed by atoms with van der Waals surface area (Å²) in [6.45, 7) is 2.01. The average Bonchev–Trinajstić information content (AvgIpc) is 2.75. The molecule has 0 aromatic heterocycles. The molecule has 0 N–H and O–H groups in total. The maximum Gasteiger partial charge on any atom is 0.253 e. The molecule has 1 amide bonds. The van der Waals surface area contributed by atoms with Crippen molar-refractivity contribution in [2.75, 3.05) is 18.9 Å². The number of nitrogens with zero attached hydrogens (tertiary/aromatic N) is 1. The quantitative estimate of drug-likeness (QED) is 0.796. The Hall–Kier alpha value is -0.870. The molecule has 0 aliphatic carbocycles. The van der Waals surface area contributed by atoms with Crippen LogP contribution in [0, 0.1) is 0 Å². The highest BCUT2D eigenvalue weighted by molar-refractivity contribution is 9.09. The third kappa shape index (κ3) is 2.28. The highest BCUT2D eigenvalue weighted by Gasteiger charge is 2.16. The lowest BCUT2D eigenvalue weighted by Gasteiger charge is -2.15. The maximum atomic E-state index is 12.0. The molecule has 3 nitrogen and oxygen atoms in total. The van der Waals surface area contributed by atoms with E-state index in [-0.39, 0.29) is 5.91 Å². The van der Waals surface area contributed by atoms with E-state index >= 15 is 0 Å². The highest BCUT2D eigenvalue weighted by atomic mass is 79.9. The van der Waals surface area contributed by atoms with Gasteiger partial charge < -0.3 is 9.64 Å². The molecule has 0 unspecified atom stereocenters. The molecule has 0 spiro atoms. The van der Waals surface area contributed by atoms with Gasteiger partial charge in [0, 0.05) is 24.5 Å². The first-order valence-corrected chi connectivity index (χ1v) is 6.35. The van der Waals surface area contributed by atoms with E-state index in [9.17, 15) is 4.79 Å². The van der Waals surface area contributed by atoms with E-state index in [0.29, 0.717) is 19.8 Å². The van der Waals surface area contributed by atoms with Crippen LogP contribution >= 0.6 is 15.9 Å². The van der Waals surface area contributed by atoms with Crippen LogP contribution in [0.1, 0.15) is 21.5 Å². The molecule has 1 heterocycles. The van der Waals surface area contributed by atoms with Crippen molar-refractivity contribution in [1.82, 2.24) is 4.90 Å². The third-order valence-electron chi connectivity index (χ3n) is 2.73. The predicted molar refractivity (Wildman–Crippen MR) is 65.7 cm³/mol. The second-order valence-corrected chi connectivity index (χ2v) is 4.68. The molecule has 0 bridgehead atoms. The maximum absolute atomic E-state index is 12.0. The van der Waals surface area contributed by atoms with Crippen molar-refractivity contribution in [1.29, 1.82) is 0 Å². The zero-order chi connectivity index (χ0) is 11.5. The first-order valence-electron chi connectivity index (χ1n) is 5.23. The first kappa shape index (κ1) is 11.6. The van der Waals surface area contributed by atoms with E-state index in [1.165, 1.54) is 5.56 Å². The summed E-state index contributed by atoms with van der Waals surface area (Å²) in [6, 6.07) is 5.80. The average molecular weight is 284 g/mol. The van der Waals surface area contributed by atoms with Crippen LogP contribution in [0.2, 0.25) is 0 Å². The van der Waals surface area contributed by atoms with Crippen LogP contribution in [0.4, 0.5) is 0 Å². The summed E-state index contributed by atoms with van der Waals surface area (Å²) >= 11 is 3.33. The summed E-state index contributed by atoms with van der Waals surface area (Å²) in [6.07, 6.45) is 0. The van der Waals surface area contributed by atoms with Gasteiger partial charge in [0.15, 0.2) is 0 Å². The molecule has 16 heavy (non-hydrogen) atoms. The molecule has 0 saturated carbocycles. The molecule has 0 atom stereocenters. The van der Waals surface area contributed by atoms with Gasteiger partial charge in [0.2, 0.25) is 0 Å². The third-order valence-corrected chi connectivity index (χ3v) is 3.09. The molecule has 0 saturated heterocycles. The van der Waals surface area contributed by atoms with Crippen molar-refractivity contribution in [3.63, 3.8) is 0 Å². The molecule has 4 heteroatoms. The van der Waals surface area contributed by atoms with Crippen LogP contribution < -0.4 is 0 Å². The Morgan fingerprint density at radius 2 is 2.19 bits per heavy atom. The van der Waals surface area contributed by atoms with Crippen molar-refractivity contribution < 1.29 is 9.53 Å². The van der Waals surface area contributed by atoms with Crippen molar-refractivity contribution in [2.45, 2.75) is 13.2 Å². The fraction of sp³-hybridized carbons (Fsp3) is 0.417. The minimum Gasteiger partial charge on any atom is -0.372 e. The standard InChI is InChI=1S/C12H14BrNO2/c1-14(5-4-13)12(15)9-2-3-10-7-16-8-11(10)6-9/h2-3,6H,4-5,7-8H2,1H3. The lowest BCUT2D eigenvalue weighted by molar-refractivity contribution is 0.0804. The molecule has 1 aliphatic heterocycles. The van der Waals surface area contributed by atoms with Crippen LogP contribution in [0.5, 0.6) is 0 Å². The zero-order valence-corrected chi connectivity index (χ0v) is 10.8. The normalized spacial score (nSPS) is 13.6. The van der Waals surface area contributed by atoms with Crippen LogP contribution in [0.3, 0.4) is 0 Å². The van der Waals surface area contributed by atoms with E-state index < -0.39 is 0 Å². The van der Waals surface area contributed by atoms with Gasteiger partial charge >= 0.3 is 0 Å². The number of benzene rings is 1. The number of fused-ring (bicyclic) bond motifs is 1. The van der Waals surface area contributed by atoms with E-state index in [4.69, 9.17) is 4.74 Å². The molecule has 0 radical (unpaired) electrons. The van der Waals surface area contributed by atoms with Crippen molar-refractivity contribution in [3.05, 3.63) is 34.9 Å². The number of carbonyl (C=O) groups excluding carboxylic acids is 1. The van der Waals surface area contributed by atoms with Crippen molar-refractivity contribution >= 4 is 21.8 Å². The van der Waals surface area contributed by atoms with Gasteiger partial charge in [-0.2, -0.15) is 0 Å². The van der Waals surface area contributed by atoms with Gasteiger partial charge in [-0.25, -0.2) is 0 Å². The summed E-state index contributed by atoms with van der Waals surface area (Å²) in [5, 5.41) is 0.795. The Morgan fingerprint density at radius 3 is 2.94 bits per heavy atom. The van der Waals surface area contributed by atoms with Crippen LogP contribution in [0.25, 0.3) is 0 Å². The zero-order valence-electron chi connectivity index (χ0n) is 9.20. The van der Waals surface area contributed by atoms with Crippen molar-refractivity contribution in [2.24, 2.45) is 0 Å². The Kier molecular flexibility index (Phi) is 3.61. The van der Waals surface area contributed by atoms with Gasteiger partial charge in [0.1, 0.15) is 0 Å². The van der Waals surface area contributed by atoms with Gasteiger partial charge in [0.05, 0.1) is 13.2 Å². The molecular formula is C12H14BrNO2. The molecule has 1 aromatic carbocycles. The SMILES string of the molecule is CN(CCBr)C(=O)c1ccc2c(c1)COC2. The molecule has 86 valence electrons. The van der Waals surface area contributed by atoms with Crippen LogP contribution in [0.15, 0.2) is 18.2 Å². The number of hydrogen-bond acceptors (Lipinski definition) is 2. The number of amides is 1. The topological polar surface area (TPSA) is 29.5 Å². The number of halogens is 1.